The van der Waals surface area contributed by atoms with Crippen molar-refractivity contribution in [2.24, 2.45) is 0 Å². The number of imide groups is 1. The van der Waals surface area contributed by atoms with Crippen molar-refractivity contribution in [2.45, 2.75) is 13.5 Å². The fourth-order valence-electron chi connectivity index (χ4n) is 1.79. The van der Waals surface area contributed by atoms with Crippen LogP contribution in [0.5, 0.6) is 5.75 Å². The number of carbonyl (C=O) groups is 2. The molecule has 0 radical (unpaired) electrons. The molecule has 1 aromatic carbocycles. The van der Waals surface area contributed by atoms with E-state index in [1.807, 2.05) is 25.1 Å². The van der Waals surface area contributed by atoms with Gasteiger partial charge in [0.15, 0.2) is 0 Å². The Bertz CT molecular complexity index is 487. The molecule has 0 saturated carbocycles. The van der Waals surface area contributed by atoms with Crippen LogP contribution in [0.2, 0.25) is 0 Å². The first-order valence-corrected chi connectivity index (χ1v) is 5.29. The lowest BCUT2D eigenvalue weighted by atomic mass is 10.1. The maximum atomic E-state index is 11.5. The zero-order chi connectivity index (χ0) is 12.4. The minimum atomic E-state index is -0.279. The number of nitrogens with zero attached hydrogens (tertiary/aromatic N) is 1. The summed E-state index contributed by atoms with van der Waals surface area (Å²) in [4.78, 5) is 24.1. The maximum absolute atomic E-state index is 11.5. The Labute approximate surface area is 99.5 Å². The zero-order valence-electron chi connectivity index (χ0n) is 9.77. The summed E-state index contributed by atoms with van der Waals surface area (Å²) in [6.07, 6.45) is 2.56. The predicted molar refractivity (Wildman–Crippen MR) is 62.4 cm³/mol. The normalized spacial score (nSPS) is 14.6. The number of hydrogen-bond donors (Lipinski definition) is 0. The first-order valence-electron chi connectivity index (χ1n) is 5.29. The van der Waals surface area contributed by atoms with Gasteiger partial charge in [-0.3, -0.25) is 14.5 Å². The van der Waals surface area contributed by atoms with Gasteiger partial charge in [-0.25, -0.2) is 0 Å². The van der Waals surface area contributed by atoms with Gasteiger partial charge in [-0.2, -0.15) is 0 Å². The molecule has 0 atom stereocenters. The molecule has 88 valence electrons. The Hall–Kier alpha value is -2.10. The van der Waals surface area contributed by atoms with Gasteiger partial charge in [0.2, 0.25) is 0 Å². The van der Waals surface area contributed by atoms with E-state index in [2.05, 4.69) is 0 Å². The van der Waals surface area contributed by atoms with E-state index < -0.39 is 0 Å². The highest BCUT2D eigenvalue weighted by molar-refractivity contribution is 6.12. The average Bonchev–Trinajstić information content (AvgIpc) is 2.61. The van der Waals surface area contributed by atoms with E-state index in [0.717, 1.165) is 11.1 Å². The number of amides is 2. The number of ether oxygens (including phenoxy) is 1. The molecule has 2 rings (SSSR count). The van der Waals surface area contributed by atoms with E-state index in [9.17, 15) is 9.59 Å². The molecule has 0 aliphatic carbocycles. The van der Waals surface area contributed by atoms with Crippen LogP contribution in [-0.4, -0.2) is 23.8 Å². The first-order chi connectivity index (χ1) is 8.11. The molecule has 1 aliphatic rings. The van der Waals surface area contributed by atoms with Crippen molar-refractivity contribution in [2.75, 3.05) is 7.11 Å². The summed E-state index contributed by atoms with van der Waals surface area (Å²) in [6.45, 7) is 2.20. The van der Waals surface area contributed by atoms with Crippen molar-refractivity contribution in [1.82, 2.24) is 4.90 Å². The van der Waals surface area contributed by atoms with Gasteiger partial charge < -0.3 is 4.74 Å². The number of methoxy groups -OCH3 is 1. The highest BCUT2D eigenvalue weighted by Gasteiger charge is 2.24. The molecule has 0 N–H and O–H groups in total. The van der Waals surface area contributed by atoms with Crippen molar-refractivity contribution < 1.29 is 14.3 Å². The molecule has 0 bridgehead atoms. The summed E-state index contributed by atoms with van der Waals surface area (Å²) in [7, 11) is 1.57. The summed E-state index contributed by atoms with van der Waals surface area (Å²) in [5.74, 6) is 0.125. The molecule has 0 aromatic heterocycles. The van der Waals surface area contributed by atoms with E-state index in [1.54, 1.807) is 7.11 Å². The topological polar surface area (TPSA) is 46.6 Å². The third kappa shape index (κ3) is 2.20. The first kappa shape index (κ1) is 11.4. The van der Waals surface area contributed by atoms with Crippen molar-refractivity contribution in [3.8, 4) is 5.75 Å². The minimum Gasteiger partial charge on any atom is -0.496 e. The summed E-state index contributed by atoms with van der Waals surface area (Å²) in [5, 5.41) is 0. The largest absolute Gasteiger partial charge is 0.496 e. The molecule has 0 saturated heterocycles. The fourth-order valence-corrected chi connectivity index (χ4v) is 1.79. The zero-order valence-corrected chi connectivity index (χ0v) is 9.77. The van der Waals surface area contributed by atoms with E-state index in [0.29, 0.717) is 5.75 Å². The van der Waals surface area contributed by atoms with E-state index in [-0.39, 0.29) is 18.4 Å². The Morgan fingerprint density at radius 1 is 1.18 bits per heavy atom. The van der Waals surface area contributed by atoms with Crippen LogP contribution in [0.25, 0.3) is 0 Å². The summed E-state index contributed by atoms with van der Waals surface area (Å²) in [5.41, 5.74) is 1.89. The quantitative estimate of drug-likeness (QED) is 0.739. The second kappa shape index (κ2) is 4.41. The van der Waals surface area contributed by atoms with Crippen LogP contribution >= 0.6 is 0 Å². The lowest BCUT2D eigenvalue weighted by Gasteiger charge is -2.16. The van der Waals surface area contributed by atoms with E-state index in [4.69, 9.17) is 4.74 Å². The number of rotatable bonds is 3. The molecule has 0 fully saturated rings. The van der Waals surface area contributed by atoms with Gasteiger partial charge in [-0.1, -0.05) is 17.7 Å². The van der Waals surface area contributed by atoms with Crippen LogP contribution in [0.1, 0.15) is 11.1 Å². The third-order valence-electron chi connectivity index (χ3n) is 2.66. The van der Waals surface area contributed by atoms with Crippen LogP contribution in [0, 0.1) is 6.92 Å². The molecule has 0 spiro atoms. The van der Waals surface area contributed by atoms with Gasteiger partial charge in [0.05, 0.1) is 13.7 Å². The Morgan fingerprint density at radius 2 is 1.82 bits per heavy atom. The Morgan fingerprint density at radius 3 is 2.41 bits per heavy atom. The number of benzene rings is 1. The maximum Gasteiger partial charge on any atom is 0.253 e. The summed E-state index contributed by atoms with van der Waals surface area (Å²) < 4.78 is 5.21. The number of hydrogen-bond acceptors (Lipinski definition) is 3. The SMILES string of the molecule is COc1ccc(C)cc1CN1C(=O)C=CC1=O. The third-order valence-corrected chi connectivity index (χ3v) is 2.66. The van der Waals surface area contributed by atoms with Crippen molar-refractivity contribution in [1.29, 1.82) is 0 Å². The second-order valence-electron chi connectivity index (χ2n) is 3.91. The molecule has 0 unspecified atom stereocenters. The second-order valence-corrected chi connectivity index (χ2v) is 3.91. The van der Waals surface area contributed by atoms with Crippen molar-refractivity contribution in [3.63, 3.8) is 0 Å². The van der Waals surface area contributed by atoms with Gasteiger partial charge >= 0.3 is 0 Å². The van der Waals surface area contributed by atoms with Gasteiger partial charge in [-0.05, 0) is 13.0 Å². The summed E-state index contributed by atoms with van der Waals surface area (Å²) in [6, 6.07) is 5.68. The van der Waals surface area contributed by atoms with Crippen LogP contribution in [0.15, 0.2) is 30.4 Å². The average molecular weight is 231 g/mol. The molecule has 17 heavy (non-hydrogen) atoms. The van der Waals surface area contributed by atoms with Crippen LogP contribution < -0.4 is 4.74 Å². The van der Waals surface area contributed by atoms with Crippen LogP contribution in [-0.2, 0) is 16.1 Å². The molecular formula is C13H13NO3. The monoisotopic (exact) mass is 231 g/mol. The summed E-state index contributed by atoms with van der Waals surface area (Å²) >= 11 is 0. The highest BCUT2D eigenvalue weighted by Crippen LogP contribution is 2.22. The van der Waals surface area contributed by atoms with Crippen molar-refractivity contribution in [3.05, 3.63) is 41.5 Å². The van der Waals surface area contributed by atoms with Crippen LogP contribution in [0.4, 0.5) is 0 Å². The molecule has 1 heterocycles. The predicted octanol–water partition coefficient (Wildman–Crippen LogP) is 1.43. The van der Waals surface area contributed by atoms with Crippen LogP contribution in [0.3, 0.4) is 0 Å². The van der Waals surface area contributed by atoms with Gasteiger partial charge in [-0.15, -0.1) is 0 Å². The standard InChI is InChI=1S/C13H13NO3/c1-9-3-4-11(17-2)10(7-9)8-14-12(15)5-6-13(14)16/h3-7H,8H2,1-2H3. The van der Waals surface area contributed by atoms with Gasteiger partial charge in [0.25, 0.3) is 11.8 Å². The molecule has 1 aliphatic heterocycles. The van der Waals surface area contributed by atoms with E-state index >= 15 is 0 Å². The number of aryl methyl sites for hydroxylation is 1. The fraction of sp³-hybridized carbons (Fsp3) is 0.231. The smallest absolute Gasteiger partial charge is 0.253 e. The minimum absolute atomic E-state index is 0.246. The molecule has 4 heteroatoms. The van der Waals surface area contributed by atoms with Gasteiger partial charge in [0, 0.05) is 17.7 Å². The van der Waals surface area contributed by atoms with Crippen molar-refractivity contribution >= 4 is 11.8 Å². The molecule has 1 aromatic rings. The van der Waals surface area contributed by atoms with Gasteiger partial charge in [0.1, 0.15) is 5.75 Å². The van der Waals surface area contributed by atoms with E-state index in [1.165, 1.54) is 17.1 Å². The molecule has 4 nitrogen and oxygen atoms in total. The Balaban J connectivity index is 2.26. The Kier molecular flexibility index (Phi) is 2.95. The number of carbonyl (C=O) groups excluding carboxylic acids is 2. The highest BCUT2D eigenvalue weighted by atomic mass is 16.5. The lowest BCUT2D eigenvalue weighted by molar-refractivity contribution is -0.137. The molecule has 2 amide bonds. The molecular weight excluding hydrogens is 218 g/mol. The lowest BCUT2D eigenvalue weighted by Crippen LogP contribution is -2.29.